The Morgan fingerprint density at radius 1 is 1.38 bits per heavy atom. The van der Waals surface area contributed by atoms with Crippen molar-refractivity contribution < 1.29 is 9.59 Å². The van der Waals surface area contributed by atoms with Crippen molar-refractivity contribution in [2.45, 2.75) is 39.0 Å². The molecule has 1 fully saturated rings. The van der Waals surface area contributed by atoms with Gasteiger partial charge in [-0.25, -0.2) is 4.98 Å². The Morgan fingerprint density at radius 3 is 2.96 bits per heavy atom. The zero-order valence-corrected chi connectivity index (χ0v) is 16.9. The van der Waals surface area contributed by atoms with Gasteiger partial charge in [0.25, 0.3) is 5.91 Å². The Labute approximate surface area is 162 Å². The number of hydrogen-bond acceptors (Lipinski definition) is 5. The summed E-state index contributed by atoms with van der Waals surface area (Å²) in [6.07, 6.45) is 2.84. The van der Waals surface area contributed by atoms with Crippen LogP contribution < -0.4 is 5.32 Å². The van der Waals surface area contributed by atoms with E-state index in [1.807, 2.05) is 35.6 Å². The van der Waals surface area contributed by atoms with Gasteiger partial charge in [-0.15, -0.1) is 11.3 Å². The van der Waals surface area contributed by atoms with Gasteiger partial charge >= 0.3 is 0 Å². The van der Waals surface area contributed by atoms with Gasteiger partial charge < -0.3 is 10.2 Å². The molecule has 1 N–H and O–H groups in total. The normalized spacial score (nSPS) is 17.5. The van der Waals surface area contributed by atoms with Crippen molar-refractivity contribution in [1.82, 2.24) is 15.2 Å². The van der Waals surface area contributed by atoms with Crippen LogP contribution in [0.3, 0.4) is 0 Å². The Morgan fingerprint density at radius 2 is 2.23 bits per heavy atom. The van der Waals surface area contributed by atoms with Crippen molar-refractivity contribution in [3.63, 3.8) is 0 Å². The quantitative estimate of drug-likeness (QED) is 0.819. The molecule has 26 heavy (non-hydrogen) atoms. The smallest absolute Gasteiger partial charge is 0.254 e. The molecule has 2 aromatic rings. The van der Waals surface area contributed by atoms with Crippen molar-refractivity contribution in [2.75, 3.05) is 19.6 Å². The van der Waals surface area contributed by atoms with E-state index in [2.05, 4.69) is 10.7 Å². The molecule has 0 radical (unpaired) electrons. The molecule has 1 unspecified atom stereocenters. The number of hydrogen-bond donors (Lipinski definition) is 1. The molecule has 1 atom stereocenters. The molecular weight excluding hydrogens is 366 g/mol. The molecule has 5 nitrogen and oxygen atoms in total. The van der Waals surface area contributed by atoms with Gasteiger partial charge in [0.05, 0.1) is 16.3 Å². The van der Waals surface area contributed by atoms with Crippen LogP contribution in [0.25, 0.3) is 0 Å². The molecule has 2 aromatic heterocycles. The number of carbonyl (C=O) groups excluding carboxylic acids is 2. The molecule has 0 saturated carbocycles. The average molecular weight is 392 g/mol. The number of likely N-dealkylation sites (tertiary alicyclic amines) is 1. The summed E-state index contributed by atoms with van der Waals surface area (Å²) >= 11 is 3.23. The minimum absolute atomic E-state index is 0.00924. The minimum Gasteiger partial charge on any atom is -0.355 e. The lowest BCUT2D eigenvalue weighted by atomic mass is 9.98. The Hall–Kier alpha value is -1.73. The van der Waals surface area contributed by atoms with E-state index in [1.54, 1.807) is 22.7 Å². The summed E-state index contributed by atoms with van der Waals surface area (Å²) in [6, 6.07) is 1.89. The van der Waals surface area contributed by atoms with Crippen LogP contribution >= 0.6 is 22.7 Å². The van der Waals surface area contributed by atoms with E-state index in [9.17, 15) is 9.59 Å². The molecule has 2 amide bonds. The fourth-order valence-corrected chi connectivity index (χ4v) is 4.69. The highest BCUT2D eigenvalue weighted by Crippen LogP contribution is 2.30. The van der Waals surface area contributed by atoms with Gasteiger partial charge in [-0.2, -0.15) is 11.3 Å². The first-order chi connectivity index (χ1) is 12.5. The first-order valence-electron chi connectivity index (χ1n) is 9.08. The number of nitrogens with one attached hydrogen (secondary N) is 1. The summed E-state index contributed by atoms with van der Waals surface area (Å²) < 4.78 is 0. The van der Waals surface area contributed by atoms with Crippen LogP contribution in [0.5, 0.6) is 0 Å². The number of piperidine rings is 1. The zero-order chi connectivity index (χ0) is 18.5. The van der Waals surface area contributed by atoms with Crippen LogP contribution in [0.2, 0.25) is 0 Å². The summed E-state index contributed by atoms with van der Waals surface area (Å²) in [5, 5.41) is 9.98. The Bertz CT molecular complexity index is 740. The van der Waals surface area contributed by atoms with Gasteiger partial charge in [0.2, 0.25) is 5.91 Å². The fourth-order valence-electron chi connectivity index (χ4n) is 3.07. The molecule has 1 aliphatic rings. The summed E-state index contributed by atoms with van der Waals surface area (Å²) in [6.45, 7) is 5.97. The summed E-state index contributed by atoms with van der Waals surface area (Å²) in [5.41, 5.74) is 1.81. The lowest BCUT2D eigenvalue weighted by Gasteiger charge is -2.31. The lowest BCUT2D eigenvalue weighted by Crippen LogP contribution is -2.38. The predicted octanol–water partition coefficient (Wildman–Crippen LogP) is 3.54. The summed E-state index contributed by atoms with van der Waals surface area (Å²) in [5.74, 6) is 0.532. The number of nitrogens with zero attached hydrogens (tertiary/aromatic N) is 2. The van der Waals surface area contributed by atoms with Crippen molar-refractivity contribution in [1.29, 1.82) is 0 Å². The highest BCUT2D eigenvalue weighted by Gasteiger charge is 2.27. The van der Waals surface area contributed by atoms with E-state index in [0.717, 1.165) is 48.6 Å². The van der Waals surface area contributed by atoms with Crippen LogP contribution in [0.1, 0.15) is 53.7 Å². The van der Waals surface area contributed by atoms with Gasteiger partial charge in [0.1, 0.15) is 0 Å². The number of thiazole rings is 1. The third-order valence-electron chi connectivity index (χ3n) is 4.60. The molecule has 3 rings (SSSR count). The number of thiophene rings is 1. The Balaban J connectivity index is 1.55. The second-order valence-electron chi connectivity index (χ2n) is 6.98. The lowest BCUT2D eigenvalue weighted by molar-refractivity contribution is -0.123. The van der Waals surface area contributed by atoms with Crippen molar-refractivity contribution in [2.24, 2.45) is 5.92 Å². The van der Waals surface area contributed by atoms with Crippen LogP contribution in [-0.2, 0) is 11.2 Å². The third-order valence-corrected chi connectivity index (χ3v) is 6.34. The van der Waals surface area contributed by atoms with E-state index in [4.69, 9.17) is 4.98 Å². The molecule has 0 bridgehead atoms. The van der Waals surface area contributed by atoms with Crippen LogP contribution in [-0.4, -0.2) is 41.3 Å². The van der Waals surface area contributed by atoms with Gasteiger partial charge in [-0.3, -0.25) is 9.59 Å². The SMILES string of the molecule is CC(C)C(=O)NCCc1csc(C2CCCN(C(=O)c3ccsc3)C2)n1. The molecule has 3 heterocycles. The van der Waals surface area contributed by atoms with Gasteiger partial charge in [-0.1, -0.05) is 13.8 Å². The molecule has 1 saturated heterocycles. The van der Waals surface area contributed by atoms with Gasteiger partial charge in [-0.05, 0) is 24.3 Å². The van der Waals surface area contributed by atoms with E-state index >= 15 is 0 Å². The standard InChI is InChI=1S/C19H25N3O2S2/c1-13(2)17(23)20-7-5-16-12-26-18(21-16)14-4-3-8-22(10-14)19(24)15-6-9-25-11-15/h6,9,11-14H,3-5,7-8,10H2,1-2H3,(H,20,23). The Kier molecular flexibility index (Phi) is 6.43. The van der Waals surface area contributed by atoms with Crippen LogP contribution in [0, 0.1) is 5.92 Å². The second-order valence-corrected chi connectivity index (χ2v) is 8.64. The monoisotopic (exact) mass is 391 g/mol. The summed E-state index contributed by atoms with van der Waals surface area (Å²) in [4.78, 5) is 30.9. The average Bonchev–Trinajstić information content (AvgIpc) is 3.33. The molecule has 1 aliphatic heterocycles. The highest BCUT2D eigenvalue weighted by molar-refractivity contribution is 7.09. The third kappa shape index (κ3) is 4.71. The maximum Gasteiger partial charge on any atom is 0.254 e. The van der Waals surface area contributed by atoms with Crippen LogP contribution in [0.15, 0.2) is 22.2 Å². The predicted molar refractivity (Wildman–Crippen MR) is 106 cm³/mol. The maximum absolute atomic E-state index is 12.6. The van der Waals surface area contributed by atoms with Gasteiger partial charge in [0.15, 0.2) is 0 Å². The molecule has 0 aromatic carbocycles. The number of aromatic nitrogens is 1. The van der Waals surface area contributed by atoms with E-state index < -0.39 is 0 Å². The first-order valence-corrected chi connectivity index (χ1v) is 10.9. The van der Waals surface area contributed by atoms with E-state index in [-0.39, 0.29) is 17.7 Å². The number of rotatable bonds is 6. The second kappa shape index (κ2) is 8.77. The first kappa shape index (κ1) is 19.0. The van der Waals surface area contributed by atoms with Crippen molar-refractivity contribution in [3.05, 3.63) is 38.5 Å². The van der Waals surface area contributed by atoms with E-state index in [0.29, 0.717) is 12.5 Å². The molecule has 0 aliphatic carbocycles. The van der Waals surface area contributed by atoms with Crippen molar-refractivity contribution >= 4 is 34.5 Å². The highest BCUT2D eigenvalue weighted by atomic mass is 32.1. The van der Waals surface area contributed by atoms with E-state index in [1.165, 1.54) is 0 Å². The topological polar surface area (TPSA) is 62.3 Å². The maximum atomic E-state index is 12.6. The minimum atomic E-state index is 0.00924. The molecule has 140 valence electrons. The zero-order valence-electron chi connectivity index (χ0n) is 15.2. The fraction of sp³-hybridized carbons (Fsp3) is 0.526. The molecule has 7 heteroatoms. The van der Waals surface area contributed by atoms with Crippen LogP contribution in [0.4, 0.5) is 0 Å². The summed E-state index contributed by atoms with van der Waals surface area (Å²) in [7, 11) is 0. The number of carbonyl (C=O) groups is 2. The molecule has 0 spiro atoms. The largest absolute Gasteiger partial charge is 0.355 e. The number of amides is 2. The van der Waals surface area contributed by atoms with Gasteiger partial charge in [0, 0.05) is 48.7 Å². The van der Waals surface area contributed by atoms with Crippen molar-refractivity contribution in [3.8, 4) is 0 Å². The molecular formula is C19H25N3O2S2.